The van der Waals surface area contributed by atoms with Gasteiger partial charge in [0.1, 0.15) is 0 Å². The van der Waals surface area contributed by atoms with Crippen LogP contribution < -0.4 is 0 Å². The fourth-order valence-electron chi connectivity index (χ4n) is 1.82. The van der Waals surface area contributed by atoms with E-state index >= 15 is 0 Å². The average molecular weight is 158 g/mol. The normalized spacial score (nSPS) is 45.8. The van der Waals surface area contributed by atoms with Gasteiger partial charge >= 0.3 is 0 Å². The molecule has 2 heterocycles. The number of ether oxygens (including phenoxy) is 2. The van der Waals surface area contributed by atoms with Gasteiger partial charge < -0.3 is 14.6 Å². The van der Waals surface area contributed by atoms with E-state index in [2.05, 4.69) is 0 Å². The maximum atomic E-state index is 9.23. The summed E-state index contributed by atoms with van der Waals surface area (Å²) in [6.45, 7) is 2.59. The molecule has 0 radical (unpaired) electrons. The zero-order valence-electron chi connectivity index (χ0n) is 6.69. The van der Waals surface area contributed by atoms with E-state index in [1.807, 2.05) is 0 Å². The number of rotatable bonds is 1. The molecule has 64 valence electrons. The Bertz CT molecular complexity index is 134. The van der Waals surface area contributed by atoms with Crippen molar-refractivity contribution in [2.45, 2.75) is 44.2 Å². The highest BCUT2D eigenvalue weighted by Gasteiger charge is 2.40. The molecule has 2 fully saturated rings. The summed E-state index contributed by atoms with van der Waals surface area (Å²) >= 11 is 0. The molecular weight excluding hydrogens is 144 g/mol. The SMILES string of the molecule is CC(O)C1CC2OCCC2O1. The minimum absolute atomic E-state index is 0.00491. The molecule has 3 heteroatoms. The van der Waals surface area contributed by atoms with E-state index in [1.165, 1.54) is 0 Å². The van der Waals surface area contributed by atoms with Crippen molar-refractivity contribution in [3.05, 3.63) is 0 Å². The number of aliphatic hydroxyl groups is 1. The second-order valence-corrected chi connectivity index (χ2v) is 3.39. The van der Waals surface area contributed by atoms with Crippen molar-refractivity contribution < 1.29 is 14.6 Å². The van der Waals surface area contributed by atoms with Crippen molar-refractivity contribution in [2.75, 3.05) is 6.61 Å². The van der Waals surface area contributed by atoms with Gasteiger partial charge in [0.25, 0.3) is 0 Å². The fourth-order valence-corrected chi connectivity index (χ4v) is 1.82. The Balaban J connectivity index is 1.94. The molecule has 0 spiro atoms. The minimum atomic E-state index is -0.357. The lowest BCUT2D eigenvalue weighted by molar-refractivity contribution is -0.0259. The van der Waals surface area contributed by atoms with Crippen LogP contribution >= 0.6 is 0 Å². The maximum Gasteiger partial charge on any atom is 0.0864 e. The Kier molecular flexibility index (Phi) is 1.87. The second-order valence-electron chi connectivity index (χ2n) is 3.39. The Morgan fingerprint density at radius 3 is 2.91 bits per heavy atom. The van der Waals surface area contributed by atoms with Gasteiger partial charge in [0.05, 0.1) is 24.4 Å². The highest BCUT2D eigenvalue weighted by atomic mass is 16.6. The molecular formula is C8H14O3. The predicted molar refractivity (Wildman–Crippen MR) is 39.3 cm³/mol. The predicted octanol–water partition coefficient (Wildman–Crippen LogP) is 0.314. The molecule has 4 atom stereocenters. The van der Waals surface area contributed by atoms with E-state index in [9.17, 15) is 5.11 Å². The smallest absolute Gasteiger partial charge is 0.0864 e. The third-order valence-electron chi connectivity index (χ3n) is 2.50. The lowest BCUT2D eigenvalue weighted by Crippen LogP contribution is -2.23. The number of hydrogen-bond acceptors (Lipinski definition) is 3. The highest BCUT2D eigenvalue weighted by molar-refractivity contribution is 4.88. The summed E-state index contributed by atoms with van der Waals surface area (Å²) in [5.41, 5.74) is 0. The topological polar surface area (TPSA) is 38.7 Å². The van der Waals surface area contributed by atoms with Crippen LogP contribution in [0.5, 0.6) is 0 Å². The molecule has 4 unspecified atom stereocenters. The van der Waals surface area contributed by atoms with Crippen LogP contribution in [0.4, 0.5) is 0 Å². The molecule has 0 aromatic rings. The van der Waals surface area contributed by atoms with Crippen molar-refractivity contribution in [2.24, 2.45) is 0 Å². The third kappa shape index (κ3) is 1.28. The molecule has 1 N–H and O–H groups in total. The van der Waals surface area contributed by atoms with Crippen LogP contribution in [-0.4, -0.2) is 36.1 Å². The molecule has 0 amide bonds. The van der Waals surface area contributed by atoms with Crippen molar-refractivity contribution in [1.82, 2.24) is 0 Å². The Morgan fingerprint density at radius 1 is 1.45 bits per heavy atom. The van der Waals surface area contributed by atoms with Gasteiger partial charge in [0.15, 0.2) is 0 Å². The van der Waals surface area contributed by atoms with Gasteiger partial charge in [-0.05, 0) is 13.3 Å². The Morgan fingerprint density at radius 2 is 2.27 bits per heavy atom. The van der Waals surface area contributed by atoms with Crippen molar-refractivity contribution >= 4 is 0 Å². The molecule has 2 saturated heterocycles. The van der Waals surface area contributed by atoms with Crippen LogP contribution in [-0.2, 0) is 9.47 Å². The van der Waals surface area contributed by atoms with Crippen molar-refractivity contribution in [3.8, 4) is 0 Å². The van der Waals surface area contributed by atoms with E-state index in [4.69, 9.17) is 9.47 Å². The highest BCUT2D eigenvalue weighted by Crippen LogP contribution is 2.31. The summed E-state index contributed by atoms with van der Waals surface area (Å²) in [7, 11) is 0. The van der Waals surface area contributed by atoms with Crippen LogP contribution in [0, 0.1) is 0 Å². The first-order valence-electron chi connectivity index (χ1n) is 4.22. The molecule has 0 aromatic carbocycles. The average Bonchev–Trinajstić information content (AvgIpc) is 2.40. The molecule has 0 aromatic heterocycles. The van der Waals surface area contributed by atoms with E-state index in [1.54, 1.807) is 6.92 Å². The third-order valence-corrected chi connectivity index (χ3v) is 2.50. The van der Waals surface area contributed by atoms with Crippen LogP contribution in [0.2, 0.25) is 0 Å². The summed E-state index contributed by atoms with van der Waals surface area (Å²) in [5.74, 6) is 0. The van der Waals surface area contributed by atoms with Gasteiger partial charge in [0.2, 0.25) is 0 Å². The summed E-state index contributed by atoms with van der Waals surface area (Å²) < 4.78 is 11.0. The lowest BCUT2D eigenvalue weighted by Gasteiger charge is -2.13. The monoisotopic (exact) mass is 158 g/mol. The van der Waals surface area contributed by atoms with E-state index in [-0.39, 0.29) is 24.4 Å². The van der Waals surface area contributed by atoms with Gasteiger partial charge in [-0.25, -0.2) is 0 Å². The Hall–Kier alpha value is -0.120. The second kappa shape index (κ2) is 2.73. The lowest BCUT2D eigenvalue weighted by atomic mass is 10.1. The maximum absolute atomic E-state index is 9.23. The quantitative estimate of drug-likeness (QED) is 0.597. The zero-order valence-corrected chi connectivity index (χ0v) is 6.69. The first kappa shape index (κ1) is 7.53. The molecule has 3 nitrogen and oxygen atoms in total. The molecule has 0 saturated carbocycles. The van der Waals surface area contributed by atoms with Gasteiger partial charge in [-0.15, -0.1) is 0 Å². The van der Waals surface area contributed by atoms with E-state index in [0.29, 0.717) is 0 Å². The largest absolute Gasteiger partial charge is 0.391 e. The van der Waals surface area contributed by atoms with Crippen LogP contribution in [0.15, 0.2) is 0 Å². The van der Waals surface area contributed by atoms with Crippen molar-refractivity contribution in [1.29, 1.82) is 0 Å². The molecule has 2 aliphatic rings. The molecule has 0 aliphatic carbocycles. The molecule has 2 rings (SSSR count). The van der Waals surface area contributed by atoms with E-state index < -0.39 is 0 Å². The number of aliphatic hydroxyl groups excluding tert-OH is 1. The number of hydrogen-bond donors (Lipinski definition) is 1. The first-order valence-corrected chi connectivity index (χ1v) is 4.22. The number of fused-ring (bicyclic) bond motifs is 1. The van der Waals surface area contributed by atoms with Gasteiger partial charge in [-0.2, -0.15) is 0 Å². The standard InChI is InChI=1S/C8H14O3/c1-5(9)7-4-8-6(11-7)2-3-10-8/h5-9H,2-4H2,1H3. The van der Waals surface area contributed by atoms with Gasteiger partial charge in [-0.1, -0.05) is 0 Å². The summed E-state index contributed by atoms with van der Waals surface area (Å²) in [6.07, 6.45) is 2.02. The molecule has 0 bridgehead atoms. The van der Waals surface area contributed by atoms with E-state index in [0.717, 1.165) is 19.4 Å². The Labute approximate surface area is 66.3 Å². The minimum Gasteiger partial charge on any atom is -0.391 e. The fraction of sp³-hybridized carbons (Fsp3) is 1.00. The first-order chi connectivity index (χ1) is 5.27. The van der Waals surface area contributed by atoms with Crippen LogP contribution in [0.3, 0.4) is 0 Å². The summed E-state index contributed by atoms with van der Waals surface area (Å²) in [5, 5.41) is 9.23. The molecule has 11 heavy (non-hydrogen) atoms. The summed E-state index contributed by atoms with van der Waals surface area (Å²) in [6, 6.07) is 0. The van der Waals surface area contributed by atoms with Crippen LogP contribution in [0.25, 0.3) is 0 Å². The van der Waals surface area contributed by atoms with Gasteiger partial charge in [-0.3, -0.25) is 0 Å². The van der Waals surface area contributed by atoms with Crippen LogP contribution in [0.1, 0.15) is 19.8 Å². The zero-order chi connectivity index (χ0) is 7.84. The molecule has 2 aliphatic heterocycles. The summed E-state index contributed by atoms with van der Waals surface area (Å²) in [4.78, 5) is 0. The van der Waals surface area contributed by atoms with Gasteiger partial charge in [0, 0.05) is 13.0 Å². The van der Waals surface area contributed by atoms with Crippen molar-refractivity contribution in [3.63, 3.8) is 0 Å².